The maximum Gasteiger partial charge on any atom is 0.161 e. The van der Waals surface area contributed by atoms with Gasteiger partial charge in [-0.15, -0.1) is 0 Å². The molecule has 2 aromatic rings. The van der Waals surface area contributed by atoms with Gasteiger partial charge in [0.1, 0.15) is 12.1 Å². The summed E-state index contributed by atoms with van der Waals surface area (Å²) in [6, 6.07) is 5.69. The first-order valence-electron chi connectivity index (χ1n) is 6.41. The zero-order valence-corrected chi connectivity index (χ0v) is 12.2. The molecule has 0 fully saturated rings. The molecule has 106 valence electrons. The molecule has 1 aromatic carbocycles. The summed E-state index contributed by atoms with van der Waals surface area (Å²) in [5, 5.41) is 0. The van der Waals surface area contributed by atoms with Gasteiger partial charge in [-0.3, -0.25) is 0 Å². The molecule has 0 unspecified atom stereocenters. The second kappa shape index (κ2) is 5.77. The van der Waals surface area contributed by atoms with Gasteiger partial charge in [0, 0.05) is 11.1 Å². The minimum absolute atomic E-state index is 0.235. The summed E-state index contributed by atoms with van der Waals surface area (Å²) in [5.41, 5.74) is 8.68. The van der Waals surface area contributed by atoms with Gasteiger partial charge in [0.2, 0.25) is 0 Å². The van der Waals surface area contributed by atoms with Crippen LogP contribution in [0.4, 0.5) is 5.82 Å². The fraction of sp³-hybridized carbons (Fsp3) is 0.333. The van der Waals surface area contributed by atoms with E-state index in [9.17, 15) is 0 Å². The molecule has 0 aliphatic heterocycles. The number of hydrogen-bond donors (Lipinski definition) is 1. The lowest BCUT2D eigenvalue weighted by molar-refractivity contribution is 0.355. The van der Waals surface area contributed by atoms with Crippen LogP contribution in [-0.2, 0) is 0 Å². The fourth-order valence-corrected chi connectivity index (χ4v) is 2.19. The number of anilines is 1. The standard InChI is InChI=1S/C15H19N3O2/c1-9(2)13-14(17-8-18-15(13)16)10-5-6-11(19-3)12(7-10)20-4/h5-9H,1-4H3,(H2,16,17,18). The van der Waals surface area contributed by atoms with Crippen LogP contribution in [0.1, 0.15) is 25.3 Å². The van der Waals surface area contributed by atoms with E-state index in [2.05, 4.69) is 23.8 Å². The zero-order valence-electron chi connectivity index (χ0n) is 12.2. The molecule has 0 aliphatic rings. The second-order valence-electron chi connectivity index (χ2n) is 4.75. The molecular weight excluding hydrogens is 254 g/mol. The van der Waals surface area contributed by atoms with Crippen molar-refractivity contribution in [2.24, 2.45) is 0 Å². The highest BCUT2D eigenvalue weighted by atomic mass is 16.5. The van der Waals surface area contributed by atoms with Crippen LogP contribution in [0.25, 0.3) is 11.3 Å². The van der Waals surface area contributed by atoms with Crippen molar-refractivity contribution in [2.45, 2.75) is 19.8 Å². The molecule has 0 aliphatic carbocycles. The molecule has 1 aromatic heterocycles. The summed E-state index contributed by atoms with van der Waals surface area (Å²) in [6.45, 7) is 4.14. The third-order valence-electron chi connectivity index (χ3n) is 3.15. The summed E-state index contributed by atoms with van der Waals surface area (Å²) in [4.78, 5) is 8.45. The molecule has 0 spiro atoms. The van der Waals surface area contributed by atoms with E-state index in [0.717, 1.165) is 16.8 Å². The molecule has 0 saturated carbocycles. The highest BCUT2D eigenvalue weighted by Crippen LogP contribution is 2.35. The number of benzene rings is 1. The predicted octanol–water partition coefficient (Wildman–Crippen LogP) is 2.87. The lowest BCUT2D eigenvalue weighted by Gasteiger charge is -2.15. The van der Waals surface area contributed by atoms with Crippen LogP contribution in [0.3, 0.4) is 0 Å². The quantitative estimate of drug-likeness (QED) is 0.927. The first-order valence-corrected chi connectivity index (χ1v) is 6.41. The number of hydrogen-bond acceptors (Lipinski definition) is 5. The van der Waals surface area contributed by atoms with Crippen molar-refractivity contribution < 1.29 is 9.47 Å². The van der Waals surface area contributed by atoms with Gasteiger partial charge in [0.25, 0.3) is 0 Å². The molecule has 0 saturated heterocycles. The Morgan fingerprint density at radius 3 is 2.35 bits per heavy atom. The number of rotatable bonds is 4. The molecule has 2 rings (SSSR count). The largest absolute Gasteiger partial charge is 0.493 e. The van der Waals surface area contributed by atoms with Crippen molar-refractivity contribution in [1.82, 2.24) is 9.97 Å². The average molecular weight is 273 g/mol. The molecule has 0 atom stereocenters. The van der Waals surface area contributed by atoms with Crippen molar-refractivity contribution in [2.75, 3.05) is 20.0 Å². The Balaban J connectivity index is 2.60. The molecular formula is C15H19N3O2. The summed E-state index contributed by atoms with van der Waals surface area (Å²) in [7, 11) is 3.22. The van der Waals surface area contributed by atoms with E-state index in [4.69, 9.17) is 15.2 Å². The predicted molar refractivity (Wildman–Crippen MR) is 79.1 cm³/mol. The van der Waals surface area contributed by atoms with Gasteiger partial charge in [-0.25, -0.2) is 9.97 Å². The Bertz CT molecular complexity index is 612. The number of methoxy groups -OCH3 is 2. The normalized spacial score (nSPS) is 10.7. The topological polar surface area (TPSA) is 70.3 Å². The number of aromatic nitrogens is 2. The third kappa shape index (κ3) is 2.52. The first kappa shape index (κ1) is 14.1. The summed E-state index contributed by atoms with van der Waals surface area (Å²) in [6.07, 6.45) is 1.48. The highest BCUT2D eigenvalue weighted by Gasteiger charge is 2.16. The van der Waals surface area contributed by atoms with Crippen LogP contribution in [0.5, 0.6) is 11.5 Å². The zero-order chi connectivity index (χ0) is 14.7. The summed E-state index contributed by atoms with van der Waals surface area (Å²) >= 11 is 0. The Morgan fingerprint density at radius 2 is 1.75 bits per heavy atom. The Hall–Kier alpha value is -2.30. The lowest BCUT2D eigenvalue weighted by Crippen LogP contribution is -2.04. The molecule has 0 radical (unpaired) electrons. The Labute approximate surface area is 118 Å². The Kier molecular flexibility index (Phi) is 4.08. The van der Waals surface area contributed by atoms with E-state index >= 15 is 0 Å². The SMILES string of the molecule is COc1ccc(-c2ncnc(N)c2C(C)C)cc1OC. The van der Waals surface area contributed by atoms with Crippen LogP contribution in [0.15, 0.2) is 24.5 Å². The fourth-order valence-electron chi connectivity index (χ4n) is 2.19. The van der Waals surface area contributed by atoms with Gasteiger partial charge >= 0.3 is 0 Å². The van der Waals surface area contributed by atoms with Crippen molar-refractivity contribution in [3.05, 3.63) is 30.1 Å². The Morgan fingerprint density at radius 1 is 1.05 bits per heavy atom. The third-order valence-corrected chi connectivity index (χ3v) is 3.15. The van der Waals surface area contributed by atoms with Crippen LogP contribution in [0.2, 0.25) is 0 Å². The smallest absolute Gasteiger partial charge is 0.161 e. The van der Waals surface area contributed by atoms with Crippen LogP contribution < -0.4 is 15.2 Å². The van der Waals surface area contributed by atoms with E-state index in [0.29, 0.717) is 17.3 Å². The maximum atomic E-state index is 5.98. The van der Waals surface area contributed by atoms with Gasteiger partial charge in [-0.05, 0) is 24.1 Å². The average Bonchev–Trinajstić information content (AvgIpc) is 2.45. The van der Waals surface area contributed by atoms with Crippen LogP contribution in [0, 0.1) is 0 Å². The first-order chi connectivity index (χ1) is 9.58. The molecule has 0 amide bonds. The van der Waals surface area contributed by atoms with E-state index in [1.807, 2.05) is 18.2 Å². The number of nitrogens with zero attached hydrogens (tertiary/aromatic N) is 2. The van der Waals surface area contributed by atoms with E-state index in [1.165, 1.54) is 6.33 Å². The minimum Gasteiger partial charge on any atom is -0.493 e. The van der Waals surface area contributed by atoms with Crippen LogP contribution in [-0.4, -0.2) is 24.2 Å². The second-order valence-corrected chi connectivity index (χ2v) is 4.75. The molecule has 5 nitrogen and oxygen atoms in total. The van der Waals surface area contributed by atoms with Gasteiger partial charge in [0.05, 0.1) is 19.9 Å². The van der Waals surface area contributed by atoms with Gasteiger partial charge in [-0.2, -0.15) is 0 Å². The van der Waals surface area contributed by atoms with Crippen molar-refractivity contribution >= 4 is 5.82 Å². The summed E-state index contributed by atoms with van der Waals surface area (Å²) < 4.78 is 10.6. The molecule has 1 heterocycles. The van der Waals surface area contributed by atoms with Gasteiger partial charge in [0.15, 0.2) is 11.5 Å². The van der Waals surface area contributed by atoms with Gasteiger partial charge in [-0.1, -0.05) is 13.8 Å². The van der Waals surface area contributed by atoms with E-state index in [-0.39, 0.29) is 5.92 Å². The van der Waals surface area contributed by atoms with Crippen molar-refractivity contribution in [3.63, 3.8) is 0 Å². The van der Waals surface area contributed by atoms with Crippen molar-refractivity contribution in [3.8, 4) is 22.8 Å². The monoisotopic (exact) mass is 273 g/mol. The van der Waals surface area contributed by atoms with Gasteiger partial charge < -0.3 is 15.2 Å². The number of nitrogens with two attached hydrogens (primary N) is 1. The van der Waals surface area contributed by atoms with E-state index < -0.39 is 0 Å². The molecule has 20 heavy (non-hydrogen) atoms. The van der Waals surface area contributed by atoms with Crippen LogP contribution >= 0.6 is 0 Å². The van der Waals surface area contributed by atoms with Crippen molar-refractivity contribution in [1.29, 1.82) is 0 Å². The van der Waals surface area contributed by atoms with E-state index in [1.54, 1.807) is 14.2 Å². The molecule has 0 bridgehead atoms. The number of nitrogen functional groups attached to an aromatic ring is 1. The molecule has 2 N–H and O–H groups in total. The molecule has 5 heteroatoms. The minimum atomic E-state index is 0.235. The number of ether oxygens (including phenoxy) is 2. The highest BCUT2D eigenvalue weighted by molar-refractivity contribution is 5.70. The lowest BCUT2D eigenvalue weighted by atomic mass is 9.97. The summed E-state index contributed by atoms with van der Waals surface area (Å²) in [5.74, 6) is 2.10. The maximum absolute atomic E-state index is 5.98.